The summed E-state index contributed by atoms with van der Waals surface area (Å²) in [5.74, 6) is -1.17. The highest BCUT2D eigenvalue weighted by Crippen LogP contribution is 2.08. The Hall–Kier alpha value is -1.38. The number of hydrogen-bond donors (Lipinski definition) is 1. The van der Waals surface area contributed by atoms with Gasteiger partial charge in [-0.1, -0.05) is 12.2 Å². The largest absolute Gasteiger partial charge is 0.478 e. The van der Waals surface area contributed by atoms with Crippen LogP contribution in [-0.4, -0.2) is 16.9 Å². The Morgan fingerprint density at radius 3 is 2.70 bits per heavy atom. The van der Waals surface area contributed by atoms with E-state index in [9.17, 15) is 9.59 Å². The van der Waals surface area contributed by atoms with Gasteiger partial charge in [0.15, 0.2) is 5.78 Å². The molecule has 3 nitrogen and oxygen atoms in total. The number of carbonyl (C=O) groups is 2. The topological polar surface area (TPSA) is 54.4 Å². The van der Waals surface area contributed by atoms with Crippen molar-refractivity contribution in [2.75, 3.05) is 0 Å². The fourth-order valence-electron chi connectivity index (χ4n) is 0.724. The fraction of sp³-hybridized carbons (Fsp3) is 0.143. The van der Waals surface area contributed by atoms with E-state index in [0.29, 0.717) is 0 Å². The summed E-state index contributed by atoms with van der Waals surface area (Å²) in [4.78, 5) is 20.8. The second kappa shape index (κ2) is 2.47. The minimum atomic E-state index is -1.02. The van der Waals surface area contributed by atoms with E-state index >= 15 is 0 Å². The van der Waals surface area contributed by atoms with Gasteiger partial charge in [0.1, 0.15) is 0 Å². The zero-order chi connectivity index (χ0) is 7.56. The molecular formula is C7H6O3. The van der Waals surface area contributed by atoms with Crippen LogP contribution in [0.15, 0.2) is 23.8 Å². The smallest absolute Gasteiger partial charge is 0.332 e. The summed E-state index contributed by atoms with van der Waals surface area (Å²) in [6, 6.07) is 0. The van der Waals surface area contributed by atoms with E-state index in [0.717, 1.165) is 0 Å². The number of allylic oxidation sites excluding steroid dienone is 3. The first-order valence-electron chi connectivity index (χ1n) is 2.83. The molecule has 0 heterocycles. The van der Waals surface area contributed by atoms with Crippen LogP contribution >= 0.6 is 0 Å². The molecule has 0 aromatic heterocycles. The van der Waals surface area contributed by atoms with Crippen LogP contribution < -0.4 is 0 Å². The van der Waals surface area contributed by atoms with Gasteiger partial charge in [-0.05, 0) is 6.08 Å². The summed E-state index contributed by atoms with van der Waals surface area (Å²) in [7, 11) is 0. The second-order valence-corrected chi connectivity index (χ2v) is 2.00. The van der Waals surface area contributed by atoms with Crippen molar-refractivity contribution in [1.29, 1.82) is 0 Å². The molecule has 3 heteroatoms. The Morgan fingerprint density at radius 1 is 1.60 bits per heavy atom. The fourth-order valence-corrected chi connectivity index (χ4v) is 0.724. The van der Waals surface area contributed by atoms with Crippen molar-refractivity contribution in [2.45, 2.75) is 6.42 Å². The van der Waals surface area contributed by atoms with Crippen LogP contribution in [0.5, 0.6) is 0 Å². The quantitative estimate of drug-likeness (QED) is 0.574. The molecule has 1 rings (SSSR count). The molecule has 1 aliphatic carbocycles. The molecule has 0 unspecified atom stereocenters. The molecule has 0 saturated carbocycles. The Bertz CT molecular complexity index is 235. The Morgan fingerprint density at radius 2 is 2.30 bits per heavy atom. The maximum atomic E-state index is 10.6. The van der Waals surface area contributed by atoms with Crippen molar-refractivity contribution < 1.29 is 14.7 Å². The number of carboxylic acids is 1. The maximum absolute atomic E-state index is 10.6. The molecule has 52 valence electrons. The van der Waals surface area contributed by atoms with Crippen molar-refractivity contribution in [1.82, 2.24) is 0 Å². The van der Waals surface area contributed by atoms with Gasteiger partial charge in [0, 0.05) is 12.0 Å². The third kappa shape index (κ3) is 1.31. The van der Waals surface area contributed by atoms with Crippen molar-refractivity contribution in [3.8, 4) is 0 Å². The van der Waals surface area contributed by atoms with Crippen LogP contribution in [0, 0.1) is 0 Å². The number of rotatable bonds is 1. The first kappa shape index (κ1) is 6.74. The molecule has 0 amide bonds. The molecule has 0 fully saturated rings. The molecule has 0 bridgehead atoms. The summed E-state index contributed by atoms with van der Waals surface area (Å²) < 4.78 is 0. The van der Waals surface area contributed by atoms with E-state index < -0.39 is 5.97 Å². The highest BCUT2D eigenvalue weighted by molar-refractivity contribution is 6.01. The summed E-state index contributed by atoms with van der Waals surface area (Å²) in [5, 5.41) is 8.40. The zero-order valence-corrected chi connectivity index (χ0v) is 5.20. The molecule has 0 aromatic rings. The second-order valence-electron chi connectivity index (χ2n) is 2.00. The van der Waals surface area contributed by atoms with E-state index in [4.69, 9.17) is 5.11 Å². The van der Waals surface area contributed by atoms with Gasteiger partial charge in [-0.15, -0.1) is 0 Å². The van der Waals surface area contributed by atoms with Crippen molar-refractivity contribution in [3.63, 3.8) is 0 Å². The molecule has 10 heavy (non-hydrogen) atoms. The van der Waals surface area contributed by atoms with Gasteiger partial charge in [0.2, 0.25) is 0 Å². The molecular weight excluding hydrogens is 132 g/mol. The molecule has 0 aromatic carbocycles. The molecule has 0 radical (unpaired) electrons. The minimum absolute atomic E-state index is 0.0197. The summed E-state index contributed by atoms with van der Waals surface area (Å²) in [6.07, 6.45) is 4.28. The van der Waals surface area contributed by atoms with E-state index in [1.807, 2.05) is 0 Å². The lowest BCUT2D eigenvalue weighted by Crippen LogP contribution is -2.07. The van der Waals surface area contributed by atoms with Gasteiger partial charge in [0.05, 0.1) is 0 Å². The predicted octanol–water partition coefficient (Wildman–Crippen LogP) is 0.526. The van der Waals surface area contributed by atoms with Crippen LogP contribution in [0.4, 0.5) is 0 Å². The molecule has 0 atom stereocenters. The van der Waals surface area contributed by atoms with E-state index in [1.54, 1.807) is 0 Å². The highest BCUT2D eigenvalue weighted by Gasteiger charge is 2.12. The van der Waals surface area contributed by atoms with Crippen molar-refractivity contribution in [3.05, 3.63) is 23.8 Å². The lowest BCUT2D eigenvalue weighted by molar-refractivity contribution is -0.133. The number of ketones is 1. The van der Waals surface area contributed by atoms with E-state index in [1.165, 1.54) is 18.2 Å². The van der Waals surface area contributed by atoms with Crippen LogP contribution in [0.2, 0.25) is 0 Å². The van der Waals surface area contributed by atoms with Gasteiger partial charge in [-0.2, -0.15) is 0 Å². The predicted molar refractivity (Wildman–Crippen MR) is 34.5 cm³/mol. The minimum Gasteiger partial charge on any atom is -0.478 e. The Kier molecular flexibility index (Phi) is 1.67. The third-order valence-corrected chi connectivity index (χ3v) is 1.22. The Labute approximate surface area is 57.7 Å². The van der Waals surface area contributed by atoms with Crippen molar-refractivity contribution >= 4 is 11.8 Å². The average molecular weight is 138 g/mol. The third-order valence-electron chi connectivity index (χ3n) is 1.22. The van der Waals surface area contributed by atoms with Gasteiger partial charge < -0.3 is 5.11 Å². The number of carboxylic acid groups (broad SMARTS) is 1. The summed E-state index contributed by atoms with van der Waals surface area (Å²) in [5.41, 5.74) is 0.160. The van der Waals surface area contributed by atoms with Crippen LogP contribution in [0.25, 0.3) is 0 Å². The van der Waals surface area contributed by atoms with Gasteiger partial charge in [-0.3, -0.25) is 4.79 Å². The highest BCUT2D eigenvalue weighted by atomic mass is 16.4. The Balaban J connectivity index is 2.80. The first-order chi connectivity index (χ1) is 4.70. The molecule has 1 N–H and O–H groups in total. The summed E-state index contributed by atoms with van der Waals surface area (Å²) in [6.45, 7) is 0. The van der Waals surface area contributed by atoms with Gasteiger partial charge in [-0.25, -0.2) is 4.79 Å². The molecule has 0 saturated heterocycles. The first-order valence-corrected chi connectivity index (χ1v) is 2.83. The molecule has 1 aliphatic rings. The number of aliphatic carboxylic acids is 1. The number of carbonyl (C=O) groups excluding carboxylic acids is 1. The van der Waals surface area contributed by atoms with Gasteiger partial charge in [0.25, 0.3) is 0 Å². The van der Waals surface area contributed by atoms with Crippen LogP contribution in [0.1, 0.15) is 6.42 Å². The SMILES string of the molecule is O=C1C=CC=C(C(=O)O)C1. The number of hydrogen-bond acceptors (Lipinski definition) is 2. The van der Waals surface area contributed by atoms with Crippen molar-refractivity contribution in [2.24, 2.45) is 0 Å². The summed E-state index contributed by atoms with van der Waals surface area (Å²) >= 11 is 0. The lowest BCUT2D eigenvalue weighted by Gasteiger charge is -2.00. The normalized spacial score (nSPS) is 16.8. The van der Waals surface area contributed by atoms with Crippen LogP contribution in [-0.2, 0) is 9.59 Å². The van der Waals surface area contributed by atoms with Gasteiger partial charge >= 0.3 is 5.97 Å². The molecule has 0 spiro atoms. The zero-order valence-electron chi connectivity index (χ0n) is 5.20. The maximum Gasteiger partial charge on any atom is 0.332 e. The van der Waals surface area contributed by atoms with Crippen LogP contribution in [0.3, 0.4) is 0 Å². The average Bonchev–Trinajstić information content (AvgIpc) is 1.88. The molecule has 0 aliphatic heterocycles. The lowest BCUT2D eigenvalue weighted by atomic mass is 10.0. The monoisotopic (exact) mass is 138 g/mol. The van der Waals surface area contributed by atoms with E-state index in [2.05, 4.69) is 0 Å². The van der Waals surface area contributed by atoms with E-state index in [-0.39, 0.29) is 17.8 Å². The standard InChI is InChI=1S/C7H6O3/c8-6-3-1-2-5(4-6)7(9)10/h1-3H,4H2,(H,9,10).